The third-order valence-corrected chi connectivity index (χ3v) is 3.66. The van der Waals surface area contributed by atoms with Gasteiger partial charge in [-0.2, -0.15) is 0 Å². The molecule has 26 heavy (non-hydrogen) atoms. The van der Waals surface area contributed by atoms with Crippen molar-refractivity contribution in [3.63, 3.8) is 0 Å². The summed E-state index contributed by atoms with van der Waals surface area (Å²) in [7, 11) is 4.53. The normalized spacial score (nSPS) is 10.1. The molecule has 0 aliphatic heterocycles. The standard InChI is InChI=1S/C19H21NO6/c1-24-15-8-13(9-16(25-2)19(15)26-3)10-17(21)20-14-6-4-5-12(7-14)11-18(22)23/h4-9H,10-11H2,1-3H3,(H,20,21)(H,22,23). The van der Waals surface area contributed by atoms with Gasteiger partial charge in [-0.15, -0.1) is 0 Å². The van der Waals surface area contributed by atoms with Gasteiger partial charge >= 0.3 is 5.97 Å². The molecular weight excluding hydrogens is 338 g/mol. The summed E-state index contributed by atoms with van der Waals surface area (Å²) in [5.41, 5.74) is 1.85. The summed E-state index contributed by atoms with van der Waals surface area (Å²) in [4.78, 5) is 23.1. The van der Waals surface area contributed by atoms with Gasteiger partial charge in [0.05, 0.1) is 34.2 Å². The van der Waals surface area contributed by atoms with Crippen molar-refractivity contribution >= 4 is 17.6 Å². The molecule has 138 valence electrons. The maximum Gasteiger partial charge on any atom is 0.307 e. The predicted octanol–water partition coefficient (Wildman–Crippen LogP) is 2.52. The molecule has 7 heteroatoms. The number of benzene rings is 2. The molecule has 2 N–H and O–H groups in total. The van der Waals surface area contributed by atoms with E-state index < -0.39 is 5.97 Å². The molecule has 0 fully saturated rings. The highest BCUT2D eigenvalue weighted by Gasteiger charge is 2.15. The smallest absolute Gasteiger partial charge is 0.307 e. The number of hydrogen-bond acceptors (Lipinski definition) is 5. The molecule has 2 aromatic rings. The number of anilines is 1. The van der Waals surface area contributed by atoms with E-state index in [1.165, 1.54) is 21.3 Å². The molecule has 2 rings (SSSR count). The van der Waals surface area contributed by atoms with Gasteiger partial charge < -0.3 is 24.6 Å². The molecule has 0 saturated heterocycles. The Kier molecular flexibility index (Phi) is 6.43. The molecule has 0 bridgehead atoms. The number of rotatable bonds is 8. The van der Waals surface area contributed by atoms with Gasteiger partial charge in [0, 0.05) is 5.69 Å². The third-order valence-electron chi connectivity index (χ3n) is 3.66. The van der Waals surface area contributed by atoms with Crippen LogP contribution in [0.4, 0.5) is 5.69 Å². The molecule has 0 aliphatic carbocycles. The predicted molar refractivity (Wildman–Crippen MR) is 96.2 cm³/mol. The first-order valence-electron chi connectivity index (χ1n) is 7.86. The van der Waals surface area contributed by atoms with Crippen LogP contribution in [-0.2, 0) is 22.4 Å². The van der Waals surface area contributed by atoms with Gasteiger partial charge in [0.1, 0.15) is 0 Å². The Morgan fingerprint density at radius 2 is 1.58 bits per heavy atom. The topological polar surface area (TPSA) is 94.1 Å². The third kappa shape index (κ3) is 4.89. The molecule has 0 saturated carbocycles. The van der Waals surface area contributed by atoms with Crippen LogP contribution in [0.2, 0.25) is 0 Å². The van der Waals surface area contributed by atoms with Crippen molar-refractivity contribution in [1.82, 2.24) is 0 Å². The molecule has 0 heterocycles. The Bertz CT molecular complexity index is 777. The zero-order chi connectivity index (χ0) is 19.1. The number of carbonyl (C=O) groups is 2. The maximum absolute atomic E-state index is 12.3. The van der Waals surface area contributed by atoms with E-state index in [2.05, 4.69) is 5.32 Å². The van der Waals surface area contributed by atoms with Crippen LogP contribution < -0.4 is 19.5 Å². The molecule has 0 aromatic heterocycles. The second-order valence-corrected chi connectivity index (χ2v) is 5.53. The number of hydrogen-bond donors (Lipinski definition) is 2. The van der Waals surface area contributed by atoms with Crippen LogP contribution in [0, 0.1) is 0 Å². The van der Waals surface area contributed by atoms with E-state index in [1.807, 2.05) is 0 Å². The van der Waals surface area contributed by atoms with Crippen molar-refractivity contribution in [3.8, 4) is 17.2 Å². The fourth-order valence-electron chi connectivity index (χ4n) is 2.56. The molecule has 0 spiro atoms. The summed E-state index contributed by atoms with van der Waals surface area (Å²) >= 11 is 0. The van der Waals surface area contributed by atoms with Crippen molar-refractivity contribution in [2.75, 3.05) is 26.6 Å². The average Bonchev–Trinajstić information content (AvgIpc) is 2.60. The van der Waals surface area contributed by atoms with Crippen LogP contribution in [0.3, 0.4) is 0 Å². The molecule has 0 radical (unpaired) electrons. The summed E-state index contributed by atoms with van der Waals surface area (Å²) in [6, 6.07) is 10.2. The summed E-state index contributed by atoms with van der Waals surface area (Å²) < 4.78 is 15.8. The second-order valence-electron chi connectivity index (χ2n) is 5.53. The molecule has 7 nitrogen and oxygen atoms in total. The second kappa shape index (κ2) is 8.75. The fraction of sp³-hybridized carbons (Fsp3) is 0.263. The molecule has 0 atom stereocenters. The van der Waals surface area contributed by atoms with Crippen molar-refractivity contribution in [3.05, 3.63) is 47.5 Å². The van der Waals surface area contributed by atoms with Crippen molar-refractivity contribution in [2.24, 2.45) is 0 Å². The summed E-state index contributed by atoms with van der Waals surface area (Å²) in [5.74, 6) is 0.231. The fourth-order valence-corrected chi connectivity index (χ4v) is 2.56. The van der Waals surface area contributed by atoms with Crippen molar-refractivity contribution in [2.45, 2.75) is 12.8 Å². The van der Waals surface area contributed by atoms with E-state index in [9.17, 15) is 9.59 Å². The lowest BCUT2D eigenvalue weighted by Gasteiger charge is -2.14. The minimum atomic E-state index is -0.925. The van der Waals surface area contributed by atoms with Gasteiger partial charge in [0.2, 0.25) is 11.7 Å². The van der Waals surface area contributed by atoms with Gasteiger partial charge in [-0.3, -0.25) is 9.59 Å². The zero-order valence-corrected chi connectivity index (χ0v) is 14.9. The zero-order valence-electron chi connectivity index (χ0n) is 14.9. The van der Waals surface area contributed by atoms with E-state index in [0.717, 1.165) is 0 Å². The molecule has 0 unspecified atom stereocenters. The van der Waals surface area contributed by atoms with Gasteiger partial charge in [-0.25, -0.2) is 0 Å². The van der Waals surface area contributed by atoms with Gasteiger partial charge in [-0.1, -0.05) is 12.1 Å². The first kappa shape index (κ1) is 19.1. The van der Waals surface area contributed by atoms with Crippen LogP contribution in [0.1, 0.15) is 11.1 Å². The summed E-state index contributed by atoms with van der Waals surface area (Å²) in [5, 5.41) is 11.6. The van der Waals surface area contributed by atoms with Crippen LogP contribution in [0.15, 0.2) is 36.4 Å². The Balaban J connectivity index is 2.14. The minimum Gasteiger partial charge on any atom is -0.493 e. The van der Waals surface area contributed by atoms with Gasteiger partial charge in [0.25, 0.3) is 0 Å². The lowest BCUT2D eigenvalue weighted by atomic mass is 10.1. The van der Waals surface area contributed by atoms with E-state index in [0.29, 0.717) is 34.1 Å². The van der Waals surface area contributed by atoms with E-state index in [-0.39, 0.29) is 18.7 Å². The quantitative estimate of drug-likeness (QED) is 0.752. The lowest BCUT2D eigenvalue weighted by Crippen LogP contribution is -2.15. The Morgan fingerprint density at radius 1 is 0.923 bits per heavy atom. The highest BCUT2D eigenvalue weighted by molar-refractivity contribution is 5.92. The number of methoxy groups -OCH3 is 3. The monoisotopic (exact) mass is 359 g/mol. The van der Waals surface area contributed by atoms with Crippen LogP contribution in [-0.4, -0.2) is 38.3 Å². The number of carboxylic acid groups (broad SMARTS) is 1. The summed E-state index contributed by atoms with van der Waals surface area (Å²) in [6.07, 6.45) is -0.00351. The van der Waals surface area contributed by atoms with Crippen LogP contribution >= 0.6 is 0 Å². The van der Waals surface area contributed by atoms with Gasteiger partial charge in [-0.05, 0) is 35.4 Å². The van der Waals surface area contributed by atoms with Crippen molar-refractivity contribution in [1.29, 1.82) is 0 Å². The number of ether oxygens (including phenoxy) is 3. The molecular formula is C19H21NO6. The largest absolute Gasteiger partial charge is 0.493 e. The molecule has 2 aromatic carbocycles. The number of nitrogens with one attached hydrogen (secondary N) is 1. The van der Waals surface area contributed by atoms with Crippen LogP contribution in [0.5, 0.6) is 17.2 Å². The average molecular weight is 359 g/mol. The Labute approximate surface area is 151 Å². The Morgan fingerprint density at radius 3 is 2.12 bits per heavy atom. The van der Waals surface area contributed by atoms with E-state index in [1.54, 1.807) is 36.4 Å². The van der Waals surface area contributed by atoms with E-state index >= 15 is 0 Å². The number of aliphatic carboxylic acids is 1. The Hall–Kier alpha value is -3.22. The highest BCUT2D eigenvalue weighted by atomic mass is 16.5. The highest BCUT2D eigenvalue weighted by Crippen LogP contribution is 2.38. The van der Waals surface area contributed by atoms with Gasteiger partial charge in [0.15, 0.2) is 11.5 Å². The number of carboxylic acids is 1. The first-order chi connectivity index (χ1) is 12.5. The minimum absolute atomic E-state index is 0.0971. The number of amides is 1. The SMILES string of the molecule is COc1cc(CC(=O)Nc2cccc(CC(=O)O)c2)cc(OC)c1OC. The van der Waals surface area contributed by atoms with Crippen LogP contribution in [0.25, 0.3) is 0 Å². The van der Waals surface area contributed by atoms with Crippen molar-refractivity contribution < 1.29 is 28.9 Å². The molecule has 1 amide bonds. The maximum atomic E-state index is 12.3. The molecule has 0 aliphatic rings. The number of carbonyl (C=O) groups excluding carboxylic acids is 1. The summed E-state index contributed by atoms with van der Waals surface area (Å²) in [6.45, 7) is 0. The van der Waals surface area contributed by atoms with E-state index in [4.69, 9.17) is 19.3 Å². The lowest BCUT2D eigenvalue weighted by molar-refractivity contribution is -0.136. The first-order valence-corrected chi connectivity index (χ1v) is 7.86.